The highest BCUT2D eigenvalue weighted by atomic mass is 35.5. The van der Waals surface area contributed by atoms with Crippen LogP contribution in [0.3, 0.4) is 0 Å². The Labute approximate surface area is 140 Å². The third-order valence-corrected chi connectivity index (χ3v) is 4.40. The lowest BCUT2D eigenvalue weighted by atomic mass is 9.84. The fourth-order valence-electron chi connectivity index (χ4n) is 2.16. The molecule has 2 rings (SSSR count). The Bertz CT molecular complexity index is 752. The molecule has 2 aromatic carbocycles. The Kier molecular flexibility index (Phi) is 4.76. The molecule has 120 valence electrons. The van der Waals surface area contributed by atoms with E-state index >= 15 is 0 Å². The van der Waals surface area contributed by atoms with E-state index in [9.17, 15) is 9.59 Å². The van der Waals surface area contributed by atoms with Gasteiger partial charge in [-0.2, -0.15) is 0 Å². The van der Waals surface area contributed by atoms with Crippen molar-refractivity contribution in [3.8, 4) is 0 Å². The molecule has 23 heavy (non-hydrogen) atoms. The van der Waals surface area contributed by atoms with Gasteiger partial charge in [0.25, 0.3) is 5.91 Å². The number of rotatable bonds is 4. The van der Waals surface area contributed by atoms with Crippen LogP contribution in [-0.4, -0.2) is 11.8 Å². The van der Waals surface area contributed by atoms with Gasteiger partial charge in [-0.25, -0.2) is 0 Å². The number of benzene rings is 2. The molecule has 0 atom stereocenters. The van der Waals surface area contributed by atoms with Crippen LogP contribution < -0.4 is 11.1 Å². The minimum absolute atomic E-state index is 0.230. The van der Waals surface area contributed by atoms with Crippen LogP contribution in [0.4, 0.5) is 5.69 Å². The Balaban J connectivity index is 2.20. The lowest BCUT2D eigenvalue weighted by Crippen LogP contribution is -2.35. The molecule has 3 N–H and O–H groups in total. The molecule has 2 aromatic rings. The Morgan fingerprint density at radius 2 is 1.70 bits per heavy atom. The molecule has 0 aliphatic heterocycles. The highest BCUT2D eigenvalue weighted by Crippen LogP contribution is 2.25. The SMILES string of the molecule is Cc1c(Cl)cccc1C(=O)Nc1ccc(C(C)(C)C(N)=O)cc1. The predicted octanol–water partition coefficient (Wildman–Crippen LogP) is 3.66. The average Bonchev–Trinajstić information content (AvgIpc) is 2.50. The van der Waals surface area contributed by atoms with Crippen LogP contribution in [0, 0.1) is 6.92 Å². The number of carbonyl (C=O) groups excluding carboxylic acids is 2. The predicted molar refractivity (Wildman–Crippen MR) is 92.8 cm³/mol. The van der Waals surface area contributed by atoms with Crippen molar-refractivity contribution in [3.63, 3.8) is 0 Å². The van der Waals surface area contributed by atoms with Crippen molar-refractivity contribution in [1.82, 2.24) is 0 Å². The number of nitrogens with two attached hydrogens (primary N) is 1. The summed E-state index contributed by atoms with van der Waals surface area (Å²) in [6, 6.07) is 12.3. The molecule has 0 bridgehead atoms. The third-order valence-electron chi connectivity index (χ3n) is 3.99. The van der Waals surface area contributed by atoms with E-state index in [4.69, 9.17) is 17.3 Å². The number of carbonyl (C=O) groups is 2. The van der Waals surface area contributed by atoms with Gasteiger partial charge in [-0.3, -0.25) is 9.59 Å². The number of nitrogens with one attached hydrogen (secondary N) is 1. The molecule has 0 unspecified atom stereocenters. The van der Waals surface area contributed by atoms with Crippen molar-refractivity contribution < 1.29 is 9.59 Å². The minimum Gasteiger partial charge on any atom is -0.369 e. The van der Waals surface area contributed by atoms with Crippen molar-refractivity contribution >= 4 is 29.1 Å². The molecule has 0 saturated carbocycles. The van der Waals surface area contributed by atoms with Gasteiger partial charge in [0.1, 0.15) is 0 Å². The largest absolute Gasteiger partial charge is 0.369 e. The van der Waals surface area contributed by atoms with Gasteiger partial charge < -0.3 is 11.1 Å². The van der Waals surface area contributed by atoms with Crippen LogP contribution in [0.2, 0.25) is 5.02 Å². The first kappa shape index (κ1) is 17.0. The molecule has 0 aliphatic rings. The zero-order valence-electron chi connectivity index (χ0n) is 13.3. The third kappa shape index (κ3) is 3.54. The molecular weight excluding hydrogens is 312 g/mol. The molecule has 0 aliphatic carbocycles. The van der Waals surface area contributed by atoms with E-state index in [1.165, 1.54) is 0 Å². The number of hydrogen-bond acceptors (Lipinski definition) is 2. The van der Waals surface area contributed by atoms with E-state index in [-0.39, 0.29) is 5.91 Å². The van der Waals surface area contributed by atoms with Gasteiger partial charge in [-0.05, 0) is 56.2 Å². The summed E-state index contributed by atoms with van der Waals surface area (Å²) < 4.78 is 0. The second-order valence-corrected chi connectivity index (χ2v) is 6.34. The summed E-state index contributed by atoms with van der Waals surface area (Å²) in [5, 5.41) is 3.37. The van der Waals surface area contributed by atoms with Gasteiger partial charge in [-0.15, -0.1) is 0 Å². The average molecular weight is 331 g/mol. The lowest BCUT2D eigenvalue weighted by molar-refractivity contribution is -0.122. The normalized spacial score (nSPS) is 11.1. The van der Waals surface area contributed by atoms with E-state index in [1.54, 1.807) is 63.2 Å². The second kappa shape index (κ2) is 6.42. The summed E-state index contributed by atoms with van der Waals surface area (Å²) >= 11 is 6.04. The molecule has 5 heteroatoms. The van der Waals surface area contributed by atoms with E-state index < -0.39 is 11.3 Å². The quantitative estimate of drug-likeness (QED) is 0.897. The highest BCUT2D eigenvalue weighted by Gasteiger charge is 2.27. The van der Waals surface area contributed by atoms with Crippen LogP contribution in [-0.2, 0) is 10.2 Å². The maximum absolute atomic E-state index is 12.3. The Hall–Kier alpha value is -2.33. The number of anilines is 1. The second-order valence-electron chi connectivity index (χ2n) is 5.93. The van der Waals surface area contributed by atoms with Crippen molar-refractivity contribution in [1.29, 1.82) is 0 Å². The van der Waals surface area contributed by atoms with Crippen LogP contribution in [0.15, 0.2) is 42.5 Å². The first-order valence-corrected chi connectivity index (χ1v) is 7.58. The summed E-state index contributed by atoms with van der Waals surface area (Å²) in [6.45, 7) is 5.33. The minimum atomic E-state index is -0.758. The zero-order chi connectivity index (χ0) is 17.2. The Morgan fingerprint density at radius 3 is 2.26 bits per heavy atom. The highest BCUT2D eigenvalue weighted by molar-refractivity contribution is 6.32. The number of primary amides is 1. The van der Waals surface area contributed by atoms with Crippen molar-refractivity contribution in [2.24, 2.45) is 5.73 Å². The van der Waals surface area contributed by atoms with Gasteiger partial charge in [0, 0.05) is 16.3 Å². The van der Waals surface area contributed by atoms with Gasteiger partial charge >= 0.3 is 0 Å². The molecule has 0 saturated heterocycles. The van der Waals surface area contributed by atoms with Crippen molar-refractivity contribution in [2.45, 2.75) is 26.2 Å². The van der Waals surface area contributed by atoms with Crippen LogP contribution in [0.5, 0.6) is 0 Å². The van der Waals surface area contributed by atoms with Crippen LogP contribution in [0.25, 0.3) is 0 Å². The molecule has 0 radical (unpaired) electrons. The van der Waals surface area contributed by atoms with E-state index in [0.717, 1.165) is 11.1 Å². The molecule has 2 amide bonds. The van der Waals surface area contributed by atoms with E-state index in [2.05, 4.69) is 5.32 Å². The van der Waals surface area contributed by atoms with E-state index in [1.807, 2.05) is 0 Å². The maximum Gasteiger partial charge on any atom is 0.255 e. The van der Waals surface area contributed by atoms with E-state index in [0.29, 0.717) is 16.3 Å². The molecule has 0 spiro atoms. The fourth-order valence-corrected chi connectivity index (χ4v) is 2.34. The summed E-state index contributed by atoms with van der Waals surface area (Å²) in [5.74, 6) is -0.629. The fraction of sp³-hybridized carbons (Fsp3) is 0.222. The molecule has 0 aromatic heterocycles. The summed E-state index contributed by atoms with van der Waals surface area (Å²) in [4.78, 5) is 23.8. The molecule has 4 nitrogen and oxygen atoms in total. The number of hydrogen-bond donors (Lipinski definition) is 2. The van der Waals surface area contributed by atoms with Gasteiger partial charge in [0.2, 0.25) is 5.91 Å². The lowest BCUT2D eigenvalue weighted by Gasteiger charge is -2.21. The van der Waals surface area contributed by atoms with Crippen molar-refractivity contribution in [3.05, 3.63) is 64.2 Å². The van der Waals surface area contributed by atoms with Crippen LogP contribution in [0.1, 0.15) is 35.3 Å². The summed E-state index contributed by atoms with van der Waals surface area (Å²) in [6.07, 6.45) is 0. The summed E-state index contributed by atoms with van der Waals surface area (Å²) in [7, 11) is 0. The first-order valence-electron chi connectivity index (χ1n) is 7.20. The van der Waals surface area contributed by atoms with Gasteiger partial charge in [-0.1, -0.05) is 29.8 Å². The summed E-state index contributed by atoms with van der Waals surface area (Å²) in [5.41, 5.74) is 7.34. The smallest absolute Gasteiger partial charge is 0.255 e. The number of amides is 2. The van der Waals surface area contributed by atoms with Crippen molar-refractivity contribution in [2.75, 3.05) is 5.32 Å². The maximum atomic E-state index is 12.3. The number of halogens is 1. The van der Waals surface area contributed by atoms with Gasteiger partial charge in [0.15, 0.2) is 0 Å². The molecule has 0 fully saturated rings. The zero-order valence-corrected chi connectivity index (χ0v) is 14.1. The topological polar surface area (TPSA) is 72.2 Å². The first-order chi connectivity index (χ1) is 10.7. The van der Waals surface area contributed by atoms with Gasteiger partial charge in [0.05, 0.1) is 5.41 Å². The Morgan fingerprint density at radius 1 is 1.09 bits per heavy atom. The van der Waals surface area contributed by atoms with Crippen LogP contribution >= 0.6 is 11.6 Å². The molecule has 0 heterocycles. The molecular formula is C18H19ClN2O2. The monoisotopic (exact) mass is 330 g/mol. The standard InChI is InChI=1S/C18H19ClN2O2/c1-11-14(5-4-6-15(11)19)16(22)21-13-9-7-12(8-10-13)18(2,3)17(20)23/h4-10H,1-3H3,(H2,20,23)(H,21,22).